The maximum atomic E-state index is 12.7. The third-order valence-corrected chi connectivity index (χ3v) is 2.75. The second-order valence-electron chi connectivity index (χ2n) is 4.24. The van der Waals surface area contributed by atoms with Crippen molar-refractivity contribution in [3.8, 4) is 5.88 Å². The van der Waals surface area contributed by atoms with E-state index in [9.17, 15) is 9.18 Å². The monoisotopic (exact) mass is 278 g/mol. The van der Waals surface area contributed by atoms with Gasteiger partial charge in [-0.25, -0.2) is 4.39 Å². The first-order chi connectivity index (χ1) is 9.67. The van der Waals surface area contributed by atoms with Crippen LogP contribution >= 0.6 is 0 Å². The fourth-order valence-electron chi connectivity index (χ4n) is 1.64. The van der Waals surface area contributed by atoms with Crippen LogP contribution in [0, 0.1) is 5.82 Å². The standard InChI is InChI=1S/C14H15FN2O3/c1-19-14-8-12(20-17-14)6-7-13(18)16-9-10-2-4-11(15)5-3-10/h2-5,8H,6-7,9H2,1H3,(H,16,18). The highest BCUT2D eigenvalue weighted by molar-refractivity contribution is 5.76. The summed E-state index contributed by atoms with van der Waals surface area (Å²) >= 11 is 0. The minimum Gasteiger partial charge on any atom is -0.479 e. The Bertz CT molecular complexity index is 566. The van der Waals surface area contributed by atoms with E-state index in [-0.39, 0.29) is 11.7 Å². The fraction of sp³-hybridized carbons (Fsp3) is 0.286. The number of hydrogen-bond donors (Lipinski definition) is 1. The highest BCUT2D eigenvalue weighted by Gasteiger charge is 2.07. The number of amides is 1. The van der Waals surface area contributed by atoms with Crippen LogP contribution in [0.1, 0.15) is 17.7 Å². The molecule has 2 aromatic rings. The molecule has 1 heterocycles. The van der Waals surface area contributed by atoms with Crippen LogP contribution in [0.3, 0.4) is 0 Å². The molecule has 0 aliphatic carbocycles. The molecule has 5 nitrogen and oxygen atoms in total. The van der Waals surface area contributed by atoms with Gasteiger partial charge in [-0.05, 0) is 22.9 Å². The zero-order chi connectivity index (χ0) is 14.4. The number of halogens is 1. The van der Waals surface area contributed by atoms with Crippen LogP contribution < -0.4 is 10.1 Å². The third-order valence-electron chi connectivity index (χ3n) is 2.75. The molecule has 20 heavy (non-hydrogen) atoms. The summed E-state index contributed by atoms with van der Waals surface area (Å²) in [7, 11) is 1.50. The molecule has 1 amide bonds. The first kappa shape index (κ1) is 14.0. The summed E-state index contributed by atoms with van der Waals surface area (Å²) < 4.78 is 22.6. The van der Waals surface area contributed by atoms with Crippen molar-refractivity contribution in [2.75, 3.05) is 7.11 Å². The Morgan fingerprint density at radius 2 is 2.15 bits per heavy atom. The van der Waals surface area contributed by atoms with Crippen LogP contribution in [0.4, 0.5) is 4.39 Å². The highest BCUT2D eigenvalue weighted by atomic mass is 19.1. The second kappa shape index (κ2) is 6.70. The topological polar surface area (TPSA) is 64.4 Å². The molecule has 0 spiro atoms. The van der Waals surface area contributed by atoms with E-state index in [4.69, 9.17) is 9.26 Å². The van der Waals surface area contributed by atoms with Crippen molar-refractivity contribution in [2.45, 2.75) is 19.4 Å². The third kappa shape index (κ3) is 4.08. The Balaban J connectivity index is 1.74. The summed E-state index contributed by atoms with van der Waals surface area (Å²) in [6.07, 6.45) is 0.741. The average Bonchev–Trinajstić information content (AvgIpc) is 2.92. The Kier molecular flexibility index (Phi) is 4.70. The number of rotatable bonds is 6. The van der Waals surface area contributed by atoms with Gasteiger partial charge in [0, 0.05) is 25.5 Å². The number of aryl methyl sites for hydroxylation is 1. The highest BCUT2D eigenvalue weighted by Crippen LogP contribution is 2.12. The lowest BCUT2D eigenvalue weighted by atomic mass is 10.2. The van der Waals surface area contributed by atoms with E-state index in [1.807, 2.05) is 0 Å². The van der Waals surface area contributed by atoms with E-state index < -0.39 is 0 Å². The van der Waals surface area contributed by atoms with Crippen molar-refractivity contribution in [3.05, 3.63) is 47.5 Å². The maximum absolute atomic E-state index is 12.7. The normalized spacial score (nSPS) is 10.3. The fourth-order valence-corrected chi connectivity index (χ4v) is 1.64. The number of benzene rings is 1. The molecule has 0 bridgehead atoms. The molecule has 1 aromatic carbocycles. The molecular formula is C14H15FN2O3. The predicted molar refractivity (Wildman–Crippen MR) is 69.6 cm³/mol. The van der Waals surface area contributed by atoms with Crippen LogP contribution in [-0.2, 0) is 17.8 Å². The number of carbonyl (C=O) groups is 1. The number of ether oxygens (including phenoxy) is 1. The number of carbonyl (C=O) groups excluding carboxylic acids is 1. The minimum atomic E-state index is -0.292. The van der Waals surface area contributed by atoms with Crippen LogP contribution in [0.15, 0.2) is 34.9 Å². The van der Waals surface area contributed by atoms with Gasteiger partial charge in [0.2, 0.25) is 5.91 Å². The van der Waals surface area contributed by atoms with Crippen LogP contribution in [0.25, 0.3) is 0 Å². The summed E-state index contributed by atoms with van der Waals surface area (Å²) in [5.74, 6) is 0.592. The van der Waals surface area contributed by atoms with Gasteiger partial charge in [-0.3, -0.25) is 4.79 Å². The largest absolute Gasteiger partial charge is 0.479 e. The van der Waals surface area contributed by atoms with Gasteiger partial charge in [-0.1, -0.05) is 12.1 Å². The zero-order valence-electron chi connectivity index (χ0n) is 11.1. The Morgan fingerprint density at radius 3 is 2.80 bits per heavy atom. The smallest absolute Gasteiger partial charge is 0.254 e. The molecule has 1 aromatic heterocycles. The molecule has 0 aliphatic rings. The molecule has 0 saturated heterocycles. The van der Waals surface area contributed by atoms with Crippen molar-refractivity contribution >= 4 is 5.91 Å². The van der Waals surface area contributed by atoms with Crippen molar-refractivity contribution in [3.63, 3.8) is 0 Å². The molecule has 0 fully saturated rings. The van der Waals surface area contributed by atoms with Crippen LogP contribution in [-0.4, -0.2) is 18.2 Å². The number of nitrogens with one attached hydrogen (secondary N) is 1. The van der Waals surface area contributed by atoms with Gasteiger partial charge >= 0.3 is 0 Å². The summed E-state index contributed by atoms with van der Waals surface area (Å²) in [5.41, 5.74) is 0.848. The second-order valence-corrected chi connectivity index (χ2v) is 4.24. The van der Waals surface area contributed by atoms with Gasteiger partial charge in [0.05, 0.1) is 7.11 Å². The van der Waals surface area contributed by atoms with E-state index >= 15 is 0 Å². The van der Waals surface area contributed by atoms with Gasteiger partial charge in [0.1, 0.15) is 11.6 Å². The van der Waals surface area contributed by atoms with E-state index in [2.05, 4.69) is 10.5 Å². The molecule has 0 aliphatic heterocycles. The summed E-state index contributed by atoms with van der Waals surface area (Å²) in [6.45, 7) is 0.374. The lowest BCUT2D eigenvalue weighted by Crippen LogP contribution is -2.22. The van der Waals surface area contributed by atoms with Crippen molar-refractivity contribution < 1.29 is 18.4 Å². The number of nitrogens with zero attached hydrogens (tertiary/aromatic N) is 1. The Labute approximate surface area is 115 Å². The summed E-state index contributed by atoms with van der Waals surface area (Å²) in [5, 5.41) is 6.40. The van der Waals surface area contributed by atoms with Gasteiger partial charge in [0.15, 0.2) is 0 Å². The summed E-state index contributed by atoms with van der Waals surface area (Å²) in [4.78, 5) is 11.7. The molecular weight excluding hydrogens is 263 g/mol. The molecule has 0 unspecified atom stereocenters. The molecule has 106 valence electrons. The lowest BCUT2D eigenvalue weighted by Gasteiger charge is -2.04. The van der Waals surface area contributed by atoms with Crippen LogP contribution in [0.2, 0.25) is 0 Å². The number of hydrogen-bond acceptors (Lipinski definition) is 4. The summed E-state index contributed by atoms with van der Waals surface area (Å²) in [6, 6.07) is 7.64. The first-order valence-corrected chi connectivity index (χ1v) is 6.18. The van der Waals surface area contributed by atoms with E-state index in [0.29, 0.717) is 31.0 Å². The van der Waals surface area contributed by atoms with Crippen molar-refractivity contribution in [1.29, 1.82) is 0 Å². The van der Waals surface area contributed by atoms with Gasteiger partial charge in [-0.2, -0.15) is 0 Å². The van der Waals surface area contributed by atoms with E-state index in [0.717, 1.165) is 5.56 Å². The van der Waals surface area contributed by atoms with Gasteiger partial charge in [-0.15, -0.1) is 0 Å². The number of methoxy groups -OCH3 is 1. The predicted octanol–water partition coefficient (Wildman–Crippen LogP) is 2.07. The SMILES string of the molecule is COc1cc(CCC(=O)NCc2ccc(F)cc2)on1. The molecule has 0 radical (unpaired) electrons. The Hall–Kier alpha value is -2.37. The molecule has 0 atom stereocenters. The molecule has 0 saturated carbocycles. The van der Waals surface area contributed by atoms with Crippen molar-refractivity contribution in [1.82, 2.24) is 10.5 Å². The first-order valence-electron chi connectivity index (χ1n) is 6.18. The van der Waals surface area contributed by atoms with Crippen molar-refractivity contribution in [2.24, 2.45) is 0 Å². The van der Waals surface area contributed by atoms with Gasteiger partial charge in [0.25, 0.3) is 5.88 Å². The lowest BCUT2D eigenvalue weighted by molar-refractivity contribution is -0.121. The molecule has 2 rings (SSSR count). The van der Waals surface area contributed by atoms with E-state index in [1.165, 1.54) is 19.2 Å². The minimum absolute atomic E-state index is 0.107. The number of aromatic nitrogens is 1. The Morgan fingerprint density at radius 1 is 1.40 bits per heavy atom. The average molecular weight is 278 g/mol. The quantitative estimate of drug-likeness (QED) is 0.878. The molecule has 6 heteroatoms. The molecule has 1 N–H and O–H groups in total. The van der Waals surface area contributed by atoms with E-state index in [1.54, 1.807) is 18.2 Å². The van der Waals surface area contributed by atoms with Crippen LogP contribution in [0.5, 0.6) is 5.88 Å². The maximum Gasteiger partial charge on any atom is 0.254 e. The zero-order valence-corrected chi connectivity index (χ0v) is 11.1. The van der Waals surface area contributed by atoms with Gasteiger partial charge < -0.3 is 14.6 Å².